The van der Waals surface area contributed by atoms with Crippen LogP contribution in [0.2, 0.25) is 0 Å². The van der Waals surface area contributed by atoms with Crippen LogP contribution >= 0.6 is 0 Å². The lowest BCUT2D eigenvalue weighted by atomic mass is 9.85. The molecule has 6 heteroatoms. The van der Waals surface area contributed by atoms with Crippen molar-refractivity contribution in [3.63, 3.8) is 0 Å². The van der Waals surface area contributed by atoms with Crippen LogP contribution in [0.3, 0.4) is 0 Å². The Morgan fingerprint density at radius 1 is 1.09 bits per heavy atom. The molecule has 1 amide bonds. The summed E-state index contributed by atoms with van der Waals surface area (Å²) in [5.41, 5.74) is 3.39. The van der Waals surface area contributed by atoms with Gasteiger partial charge in [-0.15, -0.1) is 0 Å². The number of fused-ring (bicyclic) bond motifs is 1. The Bertz CT molecular complexity index is 1310. The van der Waals surface area contributed by atoms with Crippen molar-refractivity contribution < 1.29 is 23.8 Å². The molecular formula is C29H29NO5. The normalized spacial score (nSPS) is 21.3. The topological polar surface area (TPSA) is 80.0 Å². The Kier molecular flexibility index (Phi) is 5.55. The molecule has 0 aliphatic carbocycles. The van der Waals surface area contributed by atoms with E-state index < -0.39 is 17.7 Å². The molecule has 180 valence electrons. The lowest BCUT2D eigenvalue weighted by Crippen LogP contribution is -2.29. The van der Waals surface area contributed by atoms with Gasteiger partial charge in [0.15, 0.2) is 0 Å². The van der Waals surface area contributed by atoms with Crippen molar-refractivity contribution in [2.75, 3.05) is 0 Å². The predicted octanol–water partition coefficient (Wildman–Crippen LogP) is 5.52. The second kappa shape index (κ2) is 8.45. The van der Waals surface area contributed by atoms with Gasteiger partial charge in [-0.3, -0.25) is 9.59 Å². The second-order valence-electron chi connectivity index (χ2n) is 10.3. The number of hydrogen-bond acceptors (Lipinski definition) is 5. The minimum absolute atomic E-state index is 0.0435. The molecule has 3 heterocycles. The van der Waals surface area contributed by atoms with Crippen molar-refractivity contribution in [3.8, 4) is 5.75 Å². The molecule has 2 aromatic carbocycles. The Labute approximate surface area is 204 Å². The molecule has 0 spiro atoms. The maximum absolute atomic E-state index is 13.3. The molecule has 0 saturated carbocycles. The van der Waals surface area contributed by atoms with Crippen LogP contribution in [0.1, 0.15) is 61.8 Å². The van der Waals surface area contributed by atoms with Gasteiger partial charge in [0.25, 0.3) is 11.7 Å². The van der Waals surface area contributed by atoms with E-state index >= 15 is 0 Å². The average Bonchev–Trinajstić information content (AvgIpc) is 3.52. The predicted molar refractivity (Wildman–Crippen MR) is 132 cm³/mol. The number of hydrogen-bond donors (Lipinski definition) is 1. The maximum atomic E-state index is 13.3. The summed E-state index contributed by atoms with van der Waals surface area (Å²) in [6, 6.07) is 16.0. The zero-order chi connectivity index (χ0) is 24.9. The number of amides is 1. The van der Waals surface area contributed by atoms with E-state index in [1.165, 1.54) is 11.2 Å². The lowest BCUT2D eigenvalue weighted by molar-refractivity contribution is -0.140. The quantitative estimate of drug-likeness (QED) is 0.308. The number of rotatable bonds is 4. The van der Waals surface area contributed by atoms with E-state index in [0.29, 0.717) is 11.3 Å². The van der Waals surface area contributed by atoms with Crippen LogP contribution in [0.5, 0.6) is 5.75 Å². The van der Waals surface area contributed by atoms with Crippen LogP contribution in [-0.2, 0) is 28.0 Å². The molecule has 2 atom stereocenters. The first-order valence-corrected chi connectivity index (χ1v) is 11.8. The van der Waals surface area contributed by atoms with E-state index in [4.69, 9.17) is 9.15 Å². The number of Topliss-reactive ketones (excluding diaryl/α,β-unsaturated/α-hetero) is 1. The summed E-state index contributed by atoms with van der Waals surface area (Å²) >= 11 is 0. The third-order valence-electron chi connectivity index (χ3n) is 6.71. The summed E-state index contributed by atoms with van der Waals surface area (Å²) in [4.78, 5) is 27.9. The van der Waals surface area contributed by atoms with Gasteiger partial charge in [-0.05, 0) is 59.4 Å². The molecule has 3 aromatic rings. The SMILES string of the molecule is C[C@@H]1Cc2cc(C(O)=C3C(=O)C(=O)N(Cc4ccco4)[C@@H]3c3ccc(C(C)(C)C)cc3)ccc2O1. The minimum Gasteiger partial charge on any atom is -0.507 e. The number of aliphatic hydroxyl groups excluding tert-OH is 1. The molecule has 1 aromatic heterocycles. The molecule has 5 rings (SSSR count). The van der Waals surface area contributed by atoms with E-state index in [1.807, 2.05) is 37.3 Å². The highest BCUT2D eigenvalue weighted by Gasteiger charge is 2.46. The molecule has 6 nitrogen and oxygen atoms in total. The summed E-state index contributed by atoms with van der Waals surface area (Å²) in [6.07, 6.45) is 2.32. The largest absolute Gasteiger partial charge is 0.507 e. The number of nitrogens with zero attached hydrogens (tertiary/aromatic N) is 1. The molecule has 2 aliphatic heterocycles. The fourth-order valence-corrected chi connectivity index (χ4v) is 4.85. The van der Waals surface area contributed by atoms with Gasteiger partial charge in [-0.25, -0.2) is 0 Å². The number of carbonyl (C=O) groups is 2. The van der Waals surface area contributed by atoms with Crippen molar-refractivity contribution >= 4 is 17.4 Å². The van der Waals surface area contributed by atoms with Crippen LogP contribution in [0.4, 0.5) is 0 Å². The first-order valence-electron chi connectivity index (χ1n) is 11.8. The average molecular weight is 472 g/mol. The van der Waals surface area contributed by atoms with Crippen molar-refractivity contribution in [1.82, 2.24) is 4.90 Å². The van der Waals surface area contributed by atoms with Crippen LogP contribution < -0.4 is 4.74 Å². The Morgan fingerprint density at radius 2 is 1.83 bits per heavy atom. The van der Waals surface area contributed by atoms with Gasteiger partial charge in [0.2, 0.25) is 0 Å². The van der Waals surface area contributed by atoms with Crippen LogP contribution in [0.25, 0.3) is 5.76 Å². The highest BCUT2D eigenvalue weighted by atomic mass is 16.5. The van der Waals surface area contributed by atoms with Gasteiger partial charge in [0, 0.05) is 12.0 Å². The number of ketones is 1. The molecule has 0 unspecified atom stereocenters. The Morgan fingerprint density at radius 3 is 2.49 bits per heavy atom. The van der Waals surface area contributed by atoms with E-state index in [2.05, 4.69) is 20.8 Å². The molecule has 0 radical (unpaired) electrons. The number of furan rings is 1. The fourth-order valence-electron chi connectivity index (χ4n) is 4.85. The van der Waals surface area contributed by atoms with Crippen LogP contribution in [-0.4, -0.2) is 27.8 Å². The number of ether oxygens (including phenoxy) is 1. The van der Waals surface area contributed by atoms with Crippen molar-refractivity contribution in [1.29, 1.82) is 0 Å². The van der Waals surface area contributed by atoms with Gasteiger partial charge >= 0.3 is 0 Å². The third-order valence-corrected chi connectivity index (χ3v) is 6.71. The summed E-state index contributed by atoms with van der Waals surface area (Å²) in [5, 5.41) is 11.4. The third kappa shape index (κ3) is 4.14. The summed E-state index contributed by atoms with van der Waals surface area (Å²) in [6.45, 7) is 8.49. The first kappa shape index (κ1) is 23.0. The standard InChI is InChI=1S/C29H29NO5/c1-17-14-20-15-19(9-12-23(20)35-17)26(31)24-25(18-7-10-21(11-8-18)29(2,3)4)30(28(33)27(24)32)16-22-6-5-13-34-22/h5-13,15,17,25,31H,14,16H2,1-4H3/t17-,25-/m1/s1. The van der Waals surface area contributed by atoms with Crippen LogP contribution in [0, 0.1) is 0 Å². The fraction of sp³-hybridized carbons (Fsp3) is 0.310. The smallest absolute Gasteiger partial charge is 0.296 e. The number of carbonyl (C=O) groups excluding carboxylic acids is 2. The Hall–Kier alpha value is -3.80. The highest BCUT2D eigenvalue weighted by Crippen LogP contribution is 2.41. The van der Waals surface area contributed by atoms with Gasteiger partial charge < -0.3 is 19.2 Å². The monoisotopic (exact) mass is 471 g/mol. The minimum atomic E-state index is -0.738. The molecule has 1 fully saturated rings. The van der Waals surface area contributed by atoms with Crippen molar-refractivity contribution in [2.24, 2.45) is 0 Å². The van der Waals surface area contributed by atoms with Gasteiger partial charge in [-0.2, -0.15) is 0 Å². The molecule has 2 aliphatic rings. The number of benzene rings is 2. The highest BCUT2D eigenvalue weighted by molar-refractivity contribution is 6.46. The molecule has 1 saturated heterocycles. The number of aliphatic hydroxyl groups is 1. The molecular weight excluding hydrogens is 442 g/mol. The second-order valence-corrected chi connectivity index (χ2v) is 10.3. The first-order chi connectivity index (χ1) is 16.6. The van der Waals surface area contributed by atoms with E-state index in [0.717, 1.165) is 28.9 Å². The van der Waals surface area contributed by atoms with E-state index in [-0.39, 0.29) is 29.4 Å². The van der Waals surface area contributed by atoms with Crippen LogP contribution in [0.15, 0.2) is 70.9 Å². The van der Waals surface area contributed by atoms with Crippen molar-refractivity contribution in [3.05, 3.63) is 94.4 Å². The van der Waals surface area contributed by atoms with E-state index in [9.17, 15) is 14.7 Å². The zero-order valence-electron chi connectivity index (χ0n) is 20.4. The van der Waals surface area contributed by atoms with Crippen molar-refractivity contribution in [2.45, 2.75) is 58.2 Å². The summed E-state index contributed by atoms with van der Waals surface area (Å²) < 4.78 is 11.2. The summed E-state index contributed by atoms with van der Waals surface area (Å²) in [7, 11) is 0. The lowest BCUT2D eigenvalue weighted by Gasteiger charge is -2.26. The van der Waals surface area contributed by atoms with Gasteiger partial charge in [-0.1, -0.05) is 45.0 Å². The summed E-state index contributed by atoms with van der Waals surface area (Å²) in [5.74, 6) is -0.207. The molecule has 1 N–H and O–H groups in total. The molecule has 0 bridgehead atoms. The van der Waals surface area contributed by atoms with E-state index in [1.54, 1.807) is 24.3 Å². The van der Waals surface area contributed by atoms with Gasteiger partial charge in [0.05, 0.1) is 24.4 Å². The maximum Gasteiger partial charge on any atom is 0.296 e. The molecule has 35 heavy (non-hydrogen) atoms. The van der Waals surface area contributed by atoms with Gasteiger partial charge in [0.1, 0.15) is 23.4 Å². The Balaban J connectivity index is 1.62. The number of likely N-dealkylation sites (tertiary alicyclic amines) is 1. The zero-order valence-corrected chi connectivity index (χ0v) is 20.4.